The number of aliphatic hydroxyl groups is 1. The van der Waals surface area contributed by atoms with Crippen molar-refractivity contribution < 1.29 is 38.4 Å². The summed E-state index contributed by atoms with van der Waals surface area (Å²) >= 11 is 0. The quantitative estimate of drug-likeness (QED) is 0.407. The average molecular weight is 530 g/mol. The maximum atomic E-state index is 13.0. The molecule has 2 N–H and O–H groups in total. The lowest BCUT2D eigenvalue weighted by Gasteiger charge is -2.41. The summed E-state index contributed by atoms with van der Waals surface area (Å²) in [4.78, 5) is 41.3. The Balaban J connectivity index is 1.73. The Morgan fingerprint density at radius 1 is 1.24 bits per heavy atom. The number of aromatic nitrogens is 1. The second-order valence-corrected chi connectivity index (χ2v) is 11.0. The molecule has 9 nitrogen and oxygen atoms in total. The minimum atomic E-state index is -0.882. The smallest absolute Gasteiger partial charge is 0.355 e. The van der Waals surface area contributed by atoms with Gasteiger partial charge in [-0.05, 0) is 51.3 Å². The van der Waals surface area contributed by atoms with Crippen molar-refractivity contribution in [3.8, 4) is 0 Å². The summed E-state index contributed by atoms with van der Waals surface area (Å²) in [6.07, 6.45) is 4.77. The first-order valence-corrected chi connectivity index (χ1v) is 13.3. The highest BCUT2D eigenvalue weighted by Crippen LogP contribution is 2.53. The van der Waals surface area contributed by atoms with E-state index < -0.39 is 54.0 Å². The van der Waals surface area contributed by atoms with Crippen molar-refractivity contribution >= 4 is 17.7 Å². The molecule has 1 saturated heterocycles. The summed E-state index contributed by atoms with van der Waals surface area (Å²) in [7, 11) is 1.46. The van der Waals surface area contributed by atoms with Gasteiger partial charge in [0.25, 0.3) is 0 Å². The van der Waals surface area contributed by atoms with E-state index in [-0.39, 0.29) is 23.5 Å². The first-order valence-electron chi connectivity index (χ1n) is 13.3. The van der Waals surface area contributed by atoms with Crippen LogP contribution in [0, 0.1) is 23.7 Å². The fraction of sp³-hybridized carbons (Fsp3) is 0.621. The Kier molecular flexibility index (Phi) is 8.30. The molecule has 1 aliphatic carbocycles. The highest BCUT2D eigenvalue weighted by molar-refractivity contribution is 5.88. The van der Waals surface area contributed by atoms with E-state index in [0.717, 1.165) is 5.57 Å². The lowest BCUT2D eigenvalue weighted by molar-refractivity contribution is -0.172. The highest BCUT2D eigenvalue weighted by atomic mass is 16.6. The van der Waals surface area contributed by atoms with E-state index in [1.807, 2.05) is 32.1 Å². The fourth-order valence-corrected chi connectivity index (χ4v) is 6.15. The molecule has 0 saturated carbocycles. The Hall–Kier alpha value is -2.75. The molecule has 9 heteroatoms. The number of Topliss-reactive ketones (excluding diaryl/α,β-unsaturated/α-hetero) is 1. The van der Waals surface area contributed by atoms with Crippen LogP contribution in [0.1, 0.15) is 57.9 Å². The van der Waals surface area contributed by atoms with E-state index >= 15 is 0 Å². The Bertz CT molecular complexity index is 1090. The molecule has 1 fully saturated rings. The monoisotopic (exact) mass is 529 g/mol. The first-order chi connectivity index (χ1) is 18.0. The van der Waals surface area contributed by atoms with E-state index in [1.165, 1.54) is 14.0 Å². The molecule has 1 aromatic rings. The van der Waals surface area contributed by atoms with Gasteiger partial charge in [0.2, 0.25) is 0 Å². The maximum absolute atomic E-state index is 13.0. The number of methoxy groups -OCH3 is 1. The van der Waals surface area contributed by atoms with E-state index in [0.29, 0.717) is 18.5 Å². The molecule has 4 rings (SSSR count). The van der Waals surface area contributed by atoms with Gasteiger partial charge in [0, 0.05) is 31.1 Å². The largest absolute Gasteiger partial charge is 0.457 e. The number of hydrogen-bond donors (Lipinski definition) is 2. The number of carbonyl (C=O) groups is 3. The van der Waals surface area contributed by atoms with Crippen LogP contribution in [0.4, 0.5) is 0 Å². The van der Waals surface area contributed by atoms with Gasteiger partial charge in [0.05, 0.1) is 17.6 Å². The first kappa shape index (κ1) is 28.3. The summed E-state index contributed by atoms with van der Waals surface area (Å²) in [6.45, 7) is 8.71. The van der Waals surface area contributed by atoms with E-state index in [4.69, 9.17) is 18.9 Å². The Morgan fingerprint density at radius 3 is 2.58 bits per heavy atom. The number of ketones is 1. The molecule has 2 unspecified atom stereocenters. The Morgan fingerprint density at radius 2 is 1.97 bits per heavy atom. The molecule has 2 aliphatic heterocycles. The van der Waals surface area contributed by atoms with Crippen molar-refractivity contribution in [1.29, 1.82) is 0 Å². The number of ether oxygens (including phenoxy) is 4. The number of esters is 2. The highest BCUT2D eigenvalue weighted by Gasteiger charge is 2.57. The van der Waals surface area contributed by atoms with Crippen LogP contribution in [0.2, 0.25) is 0 Å². The second kappa shape index (κ2) is 11.2. The van der Waals surface area contributed by atoms with Gasteiger partial charge in [0.1, 0.15) is 29.8 Å². The minimum Gasteiger partial charge on any atom is -0.457 e. The fourth-order valence-electron chi connectivity index (χ4n) is 6.15. The van der Waals surface area contributed by atoms with E-state index in [1.54, 1.807) is 32.2 Å². The van der Waals surface area contributed by atoms with Gasteiger partial charge in [-0.2, -0.15) is 0 Å². The van der Waals surface area contributed by atoms with Crippen molar-refractivity contribution in [1.82, 2.24) is 4.98 Å². The van der Waals surface area contributed by atoms with Gasteiger partial charge < -0.3 is 29.0 Å². The minimum absolute atomic E-state index is 0.105. The number of fused-ring (bicyclic) bond motifs is 1. The number of H-pyrrole nitrogens is 1. The van der Waals surface area contributed by atoms with Crippen molar-refractivity contribution in [2.75, 3.05) is 7.11 Å². The predicted molar refractivity (Wildman–Crippen MR) is 138 cm³/mol. The SMILES string of the molecule is CO[C@H]1CC2C=C[C@@H]3C[C@]2(O[C@H]3[C@H](OC(=O)c2ccc[nH]2)[C@H](C)C(C)=O)/C(C)=C/[C@@H](C)[C@@H](C(C)O)OC1=O. The number of nitrogens with one attached hydrogen (secondary N) is 1. The number of cyclic esters (lactones) is 1. The van der Waals surface area contributed by atoms with Gasteiger partial charge >= 0.3 is 11.9 Å². The summed E-state index contributed by atoms with van der Waals surface area (Å²) in [5, 5.41) is 10.4. The third-order valence-electron chi connectivity index (χ3n) is 8.46. The molecular formula is C29H39NO8. The van der Waals surface area contributed by atoms with Gasteiger partial charge in [-0.25, -0.2) is 9.59 Å². The van der Waals surface area contributed by atoms with E-state index in [9.17, 15) is 19.5 Å². The van der Waals surface area contributed by atoms with Crippen LogP contribution in [0.25, 0.3) is 0 Å². The molecule has 2 bridgehead atoms. The van der Waals surface area contributed by atoms with Crippen LogP contribution < -0.4 is 0 Å². The number of aliphatic hydroxyl groups excluding tert-OH is 1. The molecule has 0 radical (unpaired) electrons. The number of hydrogen-bond acceptors (Lipinski definition) is 8. The Labute approximate surface area is 223 Å². The molecule has 10 atom stereocenters. The third-order valence-corrected chi connectivity index (χ3v) is 8.46. The van der Waals surface area contributed by atoms with Crippen molar-refractivity contribution in [2.24, 2.45) is 23.7 Å². The van der Waals surface area contributed by atoms with Crippen LogP contribution >= 0.6 is 0 Å². The van der Waals surface area contributed by atoms with Gasteiger partial charge in [-0.15, -0.1) is 0 Å². The second-order valence-electron chi connectivity index (χ2n) is 11.0. The maximum Gasteiger partial charge on any atom is 0.355 e. The number of rotatable bonds is 7. The zero-order valence-corrected chi connectivity index (χ0v) is 22.9. The van der Waals surface area contributed by atoms with Crippen molar-refractivity contribution in [3.63, 3.8) is 0 Å². The molecule has 3 aliphatic rings. The van der Waals surface area contributed by atoms with Crippen LogP contribution in [0.5, 0.6) is 0 Å². The molecular weight excluding hydrogens is 490 g/mol. The van der Waals surface area contributed by atoms with Crippen LogP contribution in [-0.2, 0) is 28.5 Å². The average Bonchev–Trinajstić information content (AvgIpc) is 3.51. The summed E-state index contributed by atoms with van der Waals surface area (Å²) < 4.78 is 24.1. The van der Waals surface area contributed by atoms with Gasteiger partial charge in [0.15, 0.2) is 6.10 Å². The molecule has 38 heavy (non-hydrogen) atoms. The number of aromatic amines is 1. The van der Waals surface area contributed by atoms with E-state index in [2.05, 4.69) is 4.98 Å². The molecule has 1 spiro atoms. The lowest BCUT2D eigenvalue weighted by atomic mass is 9.69. The van der Waals surface area contributed by atoms with Crippen LogP contribution in [0.15, 0.2) is 42.1 Å². The van der Waals surface area contributed by atoms with Crippen molar-refractivity contribution in [3.05, 3.63) is 47.8 Å². The topological polar surface area (TPSA) is 124 Å². The summed E-state index contributed by atoms with van der Waals surface area (Å²) in [6, 6.07) is 3.33. The molecule has 3 heterocycles. The van der Waals surface area contributed by atoms with Crippen molar-refractivity contribution in [2.45, 2.75) is 83.6 Å². The number of carbonyl (C=O) groups excluding carboxylic acids is 3. The van der Waals surface area contributed by atoms with Crippen LogP contribution in [-0.4, -0.2) is 71.0 Å². The van der Waals surface area contributed by atoms with Crippen LogP contribution in [0.3, 0.4) is 0 Å². The zero-order chi connectivity index (χ0) is 27.8. The molecule has 208 valence electrons. The predicted octanol–water partition coefficient (Wildman–Crippen LogP) is 3.39. The zero-order valence-electron chi connectivity index (χ0n) is 22.9. The summed E-state index contributed by atoms with van der Waals surface area (Å²) in [5.41, 5.74) is 0.437. The standard InChI is InChI=1S/C29H39NO8/c1-15-12-16(2)29-14-20(9-10-21(29)13-23(35-6)28(34)36-24(15)19(5)32)26(38-29)25(17(3)18(4)31)37-27(33)22-8-7-11-30-22/h7-12,15,17,19-21,23-26,30,32H,13-14H2,1-6H3/b16-12+/t15-,17-,19?,20-,21?,23+,24+,25-,26-,29+/m1/s1. The lowest BCUT2D eigenvalue weighted by Crippen LogP contribution is -2.47. The summed E-state index contributed by atoms with van der Waals surface area (Å²) in [5.74, 6) is -2.41. The third kappa shape index (κ3) is 5.24. The molecule has 1 aromatic heterocycles. The van der Waals surface area contributed by atoms with Gasteiger partial charge in [-0.3, -0.25) is 4.79 Å². The molecule has 0 amide bonds. The normalized spacial score (nSPS) is 36.7. The van der Waals surface area contributed by atoms with Gasteiger partial charge in [-0.1, -0.05) is 32.1 Å². The molecule has 0 aromatic carbocycles.